The molecule has 0 unspecified atom stereocenters. The van der Waals surface area contributed by atoms with Crippen LogP contribution in [0.5, 0.6) is 11.5 Å². The van der Waals surface area contributed by atoms with Gasteiger partial charge in [-0.25, -0.2) is 14.8 Å². The minimum atomic E-state index is -0.145. The summed E-state index contributed by atoms with van der Waals surface area (Å²) in [5, 5.41) is 2.97. The third-order valence-electron chi connectivity index (χ3n) is 6.19. The van der Waals surface area contributed by atoms with Crippen molar-refractivity contribution in [1.82, 2.24) is 14.9 Å². The molecule has 8 heteroatoms. The highest BCUT2D eigenvalue weighted by molar-refractivity contribution is 5.90. The first-order valence-corrected chi connectivity index (χ1v) is 11.9. The molecule has 184 valence electrons. The van der Waals surface area contributed by atoms with Crippen LogP contribution in [0.15, 0.2) is 48.5 Å². The van der Waals surface area contributed by atoms with Gasteiger partial charge < -0.3 is 24.6 Å². The standard InChI is InChI=1S/C27H33N5O3/c1-18(2)24-19(3)28-25(20-9-7-6-8-10-20)30-26(24)31-11-13-32(14-12-31)27(33)29-21-15-22(34-4)17-23(16-21)35-5/h6-10,15-18H,11-14H2,1-5H3,(H,29,33). The molecule has 1 aromatic heterocycles. The van der Waals surface area contributed by atoms with Gasteiger partial charge in [0.25, 0.3) is 0 Å². The van der Waals surface area contributed by atoms with Crippen LogP contribution in [-0.4, -0.2) is 61.3 Å². The Morgan fingerprint density at radius 1 is 0.943 bits per heavy atom. The van der Waals surface area contributed by atoms with Crippen molar-refractivity contribution >= 4 is 17.5 Å². The van der Waals surface area contributed by atoms with Gasteiger partial charge in [0, 0.05) is 66.9 Å². The molecule has 2 amide bonds. The third-order valence-corrected chi connectivity index (χ3v) is 6.19. The summed E-state index contributed by atoms with van der Waals surface area (Å²) in [6, 6.07) is 15.2. The Balaban J connectivity index is 1.50. The van der Waals surface area contributed by atoms with E-state index in [-0.39, 0.29) is 6.03 Å². The number of piperazine rings is 1. The van der Waals surface area contributed by atoms with Crippen LogP contribution in [0, 0.1) is 6.92 Å². The van der Waals surface area contributed by atoms with Gasteiger partial charge in [-0.3, -0.25) is 0 Å². The number of urea groups is 1. The average molecular weight is 476 g/mol. The number of rotatable bonds is 6. The zero-order valence-electron chi connectivity index (χ0n) is 21.0. The van der Waals surface area contributed by atoms with Crippen LogP contribution in [0.4, 0.5) is 16.3 Å². The molecule has 8 nitrogen and oxygen atoms in total. The molecule has 2 heterocycles. The van der Waals surface area contributed by atoms with E-state index < -0.39 is 0 Å². The van der Waals surface area contributed by atoms with Crippen LogP contribution in [-0.2, 0) is 0 Å². The fourth-order valence-corrected chi connectivity index (χ4v) is 4.40. The van der Waals surface area contributed by atoms with E-state index in [1.54, 1.807) is 32.4 Å². The van der Waals surface area contributed by atoms with E-state index in [0.29, 0.717) is 49.3 Å². The molecule has 0 radical (unpaired) electrons. The van der Waals surface area contributed by atoms with Crippen molar-refractivity contribution in [3.63, 3.8) is 0 Å². The predicted molar refractivity (Wildman–Crippen MR) is 139 cm³/mol. The molecule has 0 saturated carbocycles. The van der Waals surface area contributed by atoms with Gasteiger partial charge in [0.05, 0.1) is 14.2 Å². The molecule has 35 heavy (non-hydrogen) atoms. The Kier molecular flexibility index (Phi) is 7.39. The highest BCUT2D eigenvalue weighted by atomic mass is 16.5. The normalized spacial score (nSPS) is 13.7. The second-order valence-corrected chi connectivity index (χ2v) is 8.90. The summed E-state index contributed by atoms with van der Waals surface area (Å²) in [6.45, 7) is 8.97. The van der Waals surface area contributed by atoms with E-state index in [9.17, 15) is 4.79 Å². The maximum absolute atomic E-state index is 13.0. The SMILES string of the molecule is COc1cc(NC(=O)N2CCN(c3nc(-c4ccccc4)nc(C)c3C(C)C)CC2)cc(OC)c1. The summed E-state index contributed by atoms with van der Waals surface area (Å²) in [4.78, 5) is 26.9. The topological polar surface area (TPSA) is 79.8 Å². The number of aromatic nitrogens is 2. The predicted octanol–water partition coefficient (Wildman–Crippen LogP) is 4.95. The Morgan fingerprint density at radius 2 is 1.57 bits per heavy atom. The largest absolute Gasteiger partial charge is 0.497 e. The van der Waals surface area contributed by atoms with Gasteiger partial charge >= 0.3 is 6.03 Å². The fourth-order valence-electron chi connectivity index (χ4n) is 4.40. The third kappa shape index (κ3) is 5.48. The molecule has 1 aliphatic rings. The van der Waals surface area contributed by atoms with Crippen LogP contribution in [0.1, 0.15) is 31.0 Å². The first-order chi connectivity index (χ1) is 16.9. The lowest BCUT2D eigenvalue weighted by Gasteiger charge is -2.37. The highest BCUT2D eigenvalue weighted by Crippen LogP contribution is 2.31. The summed E-state index contributed by atoms with van der Waals surface area (Å²) in [5.41, 5.74) is 3.79. The number of anilines is 2. The first-order valence-electron chi connectivity index (χ1n) is 11.9. The van der Waals surface area contributed by atoms with E-state index in [1.807, 2.05) is 35.2 Å². The molecular formula is C27H33N5O3. The summed E-state index contributed by atoms with van der Waals surface area (Å²) >= 11 is 0. The molecular weight excluding hydrogens is 442 g/mol. The van der Waals surface area contributed by atoms with E-state index in [0.717, 1.165) is 28.5 Å². The summed E-state index contributed by atoms with van der Waals surface area (Å²) < 4.78 is 10.6. The second-order valence-electron chi connectivity index (χ2n) is 8.90. The maximum Gasteiger partial charge on any atom is 0.321 e. The van der Waals surface area contributed by atoms with Gasteiger partial charge in [-0.1, -0.05) is 44.2 Å². The van der Waals surface area contributed by atoms with E-state index in [2.05, 4.69) is 31.0 Å². The van der Waals surface area contributed by atoms with Gasteiger partial charge in [0.15, 0.2) is 5.82 Å². The molecule has 0 bridgehead atoms. The van der Waals surface area contributed by atoms with Crippen LogP contribution in [0.2, 0.25) is 0 Å². The lowest BCUT2D eigenvalue weighted by molar-refractivity contribution is 0.208. The molecule has 1 aliphatic heterocycles. The Labute approximate surface area is 206 Å². The zero-order valence-corrected chi connectivity index (χ0v) is 21.0. The highest BCUT2D eigenvalue weighted by Gasteiger charge is 2.26. The first kappa shape index (κ1) is 24.3. The van der Waals surface area contributed by atoms with Crippen molar-refractivity contribution in [3.8, 4) is 22.9 Å². The van der Waals surface area contributed by atoms with E-state index in [4.69, 9.17) is 19.4 Å². The quantitative estimate of drug-likeness (QED) is 0.544. The van der Waals surface area contributed by atoms with Gasteiger partial charge in [0.1, 0.15) is 17.3 Å². The van der Waals surface area contributed by atoms with Crippen LogP contribution in [0.25, 0.3) is 11.4 Å². The van der Waals surface area contributed by atoms with Gasteiger partial charge in [-0.15, -0.1) is 0 Å². The number of hydrogen-bond donors (Lipinski definition) is 1. The maximum atomic E-state index is 13.0. The minimum absolute atomic E-state index is 0.145. The fraction of sp³-hybridized carbons (Fsp3) is 0.370. The summed E-state index contributed by atoms with van der Waals surface area (Å²) in [7, 11) is 3.17. The molecule has 0 atom stereocenters. The summed E-state index contributed by atoms with van der Waals surface area (Å²) in [6.07, 6.45) is 0. The molecule has 1 fully saturated rings. The molecule has 3 aromatic rings. The Hall–Kier alpha value is -3.81. The van der Waals surface area contributed by atoms with E-state index >= 15 is 0 Å². The Bertz CT molecular complexity index is 1150. The van der Waals surface area contributed by atoms with Crippen molar-refractivity contribution in [2.45, 2.75) is 26.7 Å². The van der Waals surface area contributed by atoms with Crippen molar-refractivity contribution < 1.29 is 14.3 Å². The number of ether oxygens (including phenoxy) is 2. The molecule has 0 spiro atoms. The van der Waals surface area contributed by atoms with Crippen LogP contribution < -0.4 is 19.7 Å². The van der Waals surface area contributed by atoms with E-state index in [1.165, 1.54) is 0 Å². The molecule has 1 N–H and O–H groups in total. The van der Waals surface area contributed by atoms with Gasteiger partial charge in [-0.05, 0) is 12.8 Å². The second kappa shape index (κ2) is 10.6. The van der Waals surface area contributed by atoms with Crippen LogP contribution in [0.3, 0.4) is 0 Å². The zero-order chi connectivity index (χ0) is 24.9. The Morgan fingerprint density at radius 3 is 2.14 bits per heavy atom. The number of nitrogens with one attached hydrogen (secondary N) is 1. The van der Waals surface area contributed by atoms with Gasteiger partial charge in [0.2, 0.25) is 0 Å². The van der Waals surface area contributed by atoms with Crippen molar-refractivity contribution in [2.75, 3.05) is 50.6 Å². The van der Waals surface area contributed by atoms with Crippen molar-refractivity contribution in [2.24, 2.45) is 0 Å². The molecule has 1 saturated heterocycles. The number of aryl methyl sites for hydroxylation is 1. The average Bonchev–Trinajstić information content (AvgIpc) is 2.88. The lowest BCUT2D eigenvalue weighted by Crippen LogP contribution is -2.50. The number of carbonyl (C=O) groups excluding carboxylic acids is 1. The van der Waals surface area contributed by atoms with Crippen molar-refractivity contribution in [3.05, 3.63) is 59.8 Å². The number of methoxy groups -OCH3 is 2. The summed E-state index contributed by atoms with van der Waals surface area (Å²) in [5.74, 6) is 3.23. The number of carbonyl (C=O) groups is 1. The number of amides is 2. The van der Waals surface area contributed by atoms with Crippen LogP contribution >= 0.6 is 0 Å². The van der Waals surface area contributed by atoms with Gasteiger partial charge in [-0.2, -0.15) is 0 Å². The number of nitrogens with zero attached hydrogens (tertiary/aromatic N) is 4. The minimum Gasteiger partial charge on any atom is -0.497 e. The smallest absolute Gasteiger partial charge is 0.321 e. The molecule has 4 rings (SSSR count). The molecule has 0 aliphatic carbocycles. The molecule has 2 aromatic carbocycles. The van der Waals surface area contributed by atoms with Crippen molar-refractivity contribution in [1.29, 1.82) is 0 Å². The number of hydrogen-bond acceptors (Lipinski definition) is 6. The lowest BCUT2D eigenvalue weighted by atomic mass is 10.0. The number of benzene rings is 2. The monoisotopic (exact) mass is 475 g/mol.